The summed E-state index contributed by atoms with van der Waals surface area (Å²) in [4.78, 5) is 0.00210. The fourth-order valence-corrected chi connectivity index (χ4v) is 3.15. The lowest BCUT2D eigenvalue weighted by Crippen LogP contribution is -1.99. The second-order valence-electron chi connectivity index (χ2n) is 3.25. The average Bonchev–Trinajstić information content (AvgIpc) is 1.97. The van der Waals surface area contributed by atoms with E-state index in [1.165, 1.54) is 6.92 Å². The van der Waals surface area contributed by atoms with E-state index in [9.17, 15) is 13.5 Å². The van der Waals surface area contributed by atoms with E-state index in [1.54, 1.807) is 19.9 Å². The van der Waals surface area contributed by atoms with Crippen LogP contribution in [0.2, 0.25) is 0 Å². The van der Waals surface area contributed by atoms with Crippen molar-refractivity contribution in [3.05, 3.63) is 22.8 Å². The van der Waals surface area contributed by atoms with E-state index < -0.39 is 9.05 Å². The number of rotatable bonds is 1. The summed E-state index contributed by atoms with van der Waals surface area (Å²) in [5.41, 5.74) is 1.49. The topological polar surface area (TPSA) is 54.4 Å². The first-order valence-corrected chi connectivity index (χ1v) is 6.30. The third kappa shape index (κ3) is 1.86. The number of phenolic OH excluding ortho intramolecular Hbond substituents is 1. The van der Waals surface area contributed by atoms with Gasteiger partial charge in [-0.15, -0.1) is 0 Å². The standard InChI is InChI=1S/C9H11ClO3S/c1-5-4-6(2)9(14(10,12)13)7(3)8(5)11/h4,11H,1-3H3. The van der Waals surface area contributed by atoms with Crippen LogP contribution in [0.25, 0.3) is 0 Å². The maximum atomic E-state index is 11.2. The lowest BCUT2D eigenvalue weighted by Gasteiger charge is -2.10. The maximum absolute atomic E-state index is 11.2. The lowest BCUT2D eigenvalue weighted by molar-refractivity contribution is 0.464. The highest BCUT2D eigenvalue weighted by Gasteiger charge is 2.20. The van der Waals surface area contributed by atoms with Crippen molar-refractivity contribution >= 4 is 19.7 Å². The first-order chi connectivity index (χ1) is 6.25. The van der Waals surface area contributed by atoms with Crippen molar-refractivity contribution in [3.8, 4) is 5.75 Å². The zero-order valence-electron chi connectivity index (χ0n) is 8.13. The van der Waals surface area contributed by atoms with Crippen molar-refractivity contribution in [2.45, 2.75) is 25.7 Å². The van der Waals surface area contributed by atoms with Crippen LogP contribution >= 0.6 is 10.7 Å². The molecule has 0 radical (unpaired) electrons. The molecule has 1 aromatic carbocycles. The van der Waals surface area contributed by atoms with Crippen LogP contribution in [0.4, 0.5) is 0 Å². The Hall–Kier alpha value is -0.740. The number of aryl methyl sites for hydroxylation is 2. The molecule has 3 nitrogen and oxygen atoms in total. The van der Waals surface area contributed by atoms with Gasteiger partial charge in [0.2, 0.25) is 0 Å². The molecule has 0 aromatic heterocycles. The van der Waals surface area contributed by atoms with Gasteiger partial charge in [0.05, 0.1) is 4.90 Å². The molecule has 0 aliphatic heterocycles. The maximum Gasteiger partial charge on any atom is 0.261 e. The SMILES string of the molecule is Cc1cc(C)c(S(=O)(=O)Cl)c(C)c1O. The van der Waals surface area contributed by atoms with Crippen LogP contribution in [0.5, 0.6) is 5.75 Å². The Morgan fingerprint density at radius 1 is 1.21 bits per heavy atom. The van der Waals surface area contributed by atoms with Crippen LogP contribution in [0, 0.1) is 20.8 Å². The van der Waals surface area contributed by atoms with Gasteiger partial charge in [0.15, 0.2) is 0 Å². The molecule has 0 bridgehead atoms. The van der Waals surface area contributed by atoms with E-state index in [-0.39, 0.29) is 10.6 Å². The highest BCUT2D eigenvalue weighted by molar-refractivity contribution is 8.13. The number of halogens is 1. The second-order valence-corrected chi connectivity index (χ2v) is 5.75. The zero-order valence-corrected chi connectivity index (χ0v) is 9.70. The van der Waals surface area contributed by atoms with Crippen molar-refractivity contribution < 1.29 is 13.5 Å². The van der Waals surface area contributed by atoms with Crippen molar-refractivity contribution in [1.82, 2.24) is 0 Å². The summed E-state index contributed by atoms with van der Waals surface area (Å²) in [5, 5.41) is 9.55. The summed E-state index contributed by atoms with van der Waals surface area (Å²) in [5.74, 6) is -0.0187. The van der Waals surface area contributed by atoms with Crippen LogP contribution in [0.1, 0.15) is 16.7 Å². The Balaban J connectivity index is 3.70. The minimum absolute atomic E-state index is 0.00210. The van der Waals surface area contributed by atoms with Crippen molar-refractivity contribution in [2.24, 2.45) is 0 Å². The van der Waals surface area contributed by atoms with Gasteiger partial charge in [-0.25, -0.2) is 8.42 Å². The summed E-state index contributed by atoms with van der Waals surface area (Å²) < 4.78 is 22.4. The Bertz CT molecular complexity index is 477. The van der Waals surface area contributed by atoms with Crippen LogP contribution in [-0.4, -0.2) is 13.5 Å². The molecule has 5 heteroatoms. The largest absolute Gasteiger partial charge is 0.507 e. The van der Waals surface area contributed by atoms with E-state index in [0.29, 0.717) is 16.7 Å². The lowest BCUT2D eigenvalue weighted by atomic mass is 10.1. The minimum atomic E-state index is -3.79. The average molecular weight is 235 g/mol. The minimum Gasteiger partial charge on any atom is -0.507 e. The molecule has 0 saturated heterocycles. The number of hydrogen-bond donors (Lipinski definition) is 1. The molecule has 0 heterocycles. The molecule has 1 N–H and O–H groups in total. The van der Waals surface area contributed by atoms with Crippen molar-refractivity contribution in [3.63, 3.8) is 0 Å². The molecule has 0 spiro atoms. The van der Waals surface area contributed by atoms with E-state index in [1.807, 2.05) is 0 Å². The molecular formula is C9H11ClO3S. The van der Waals surface area contributed by atoms with Crippen molar-refractivity contribution in [1.29, 1.82) is 0 Å². The van der Waals surface area contributed by atoms with Crippen LogP contribution in [0.15, 0.2) is 11.0 Å². The zero-order chi connectivity index (χ0) is 11.1. The predicted molar refractivity (Wildman–Crippen MR) is 55.4 cm³/mol. The highest BCUT2D eigenvalue weighted by Crippen LogP contribution is 2.32. The number of hydrogen-bond acceptors (Lipinski definition) is 3. The van der Waals surface area contributed by atoms with E-state index in [2.05, 4.69) is 0 Å². The summed E-state index contributed by atoms with van der Waals surface area (Å²) in [6.07, 6.45) is 0. The third-order valence-corrected chi connectivity index (χ3v) is 3.68. The molecule has 0 unspecified atom stereocenters. The third-order valence-electron chi connectivity index (χ3n) is 2.10. The molecule has 0 aliphatic rings. The molecule has 0 aliphatic carbocycles. The highest BCUT2D eigenvalue weighted by atomic mass is 35.7. The number of aromatic hydroxyl groups is 1. The van der Waals surface area contributed by atoms with E-state index in [0.717, 1.165) is 0 Å². The van der Waals surface area contributed by atoms with Gasteiger partial charge in [-0.3, -0.25) is 0 Å². The predicted octanol–water partition coefficient (Wildman–Crippen LogP) is 2.24. The molecule has 0 amide bonds. The Kier molecular flexibility index (Phi) is 2.78. The van der Waals surface area contributed by atoms with Gasteiger partial charge in [0.1, 0.15) is 5.75 Å². The Labute approximate surface area is 87.8 Å². The summed E-state index contributed by atoms with van der Waals surface area (Å²) >= 11 is 0. The van der Waals surface area contributed by atoms with Gasteiger partial charge in [0.25, 0.3) is 9.05 Å². The molecule has 1 aromatic rings. The van der Waals surface area contributed by atoms with Gasteiger partial charge >= 0.3 is 0 Å². The summed E-state index contributed by atoms with van der Waals surface area (Å²) in [7, 11) is 1.46. The molecule has 0 atom stereocenters. The van der Waals surface area contributed by atoms with Crippen LogP contribution in [-0.2, 0) is 9.05 Å². The second kappa shape index (κ2) is 3.44. The Morgan fingerprint density at radius 2 is 1.71 bits per heavy atom. The first kappa shape index (κ1) is 11.3. The van der Waals surface area contributed by atoms with Gasteiger partial charge < -0.3 is 5.11 Å². The normalized spacial score (nSPS) is 11.7. The fourth-order valence-electron chi connectivity index (χ4n) is 1.53. The Morgan fingerprint density at radius 3 is 2.14 bits per heavy atom. The monoisotopic (exact) mass is 234 g/mol. The summed E-state index contributed by atoms with van der Waals surface area (Å²) in [6.45, 7) is 4.89. The molecule has 78 valence electrons. The molecule has 14 heavy (non-hydrogen) atoms. The number of phenols is 1. The van der Waals surface area contributed by atoms with E-state index in [4.69, 9.17) is 10.7 Å². The van der Waals surface area contributed by atoms with Gasteiger partial charge in [-0.05, 0) is 31.9 Å². The fraction of sp³-hybridized carbons (Fsp3) is 0.333. The van der Waals surface area contributed by atoms with Gasteiger partial charge in [-0.2, -0.15) is 0 Å². The molecular weight excluding hydrogens is 224 g/mol. The summed E-state index contributed by atoms with van der Waals surface area (Å²) in [6, 6.07) is 1.59. The molecule has 0 fully saturated rings. The first-order valence-electron chi connectivity index (χ1n) is 3.99. The number of benzene rings is 1. The molecule has 0 saturated carbocycles. The quantitative estimate of drug-likeness (QED) is 0.759. The smallest absolute Gasteiger partial charge is 0.261 e. The van der Waals surface area contributed by atoms with Crippen LogP contribution in [0.3, 0.4) is 0 Å². The van der Waals surface area contributed by atoms with Gasteiger partial charge in [0, 0.05) is 16.2 Å². The van der Waals surface area contributed by atoms with Gasteiger partial charge in [-0.1, -0.05) is 6.07 Å². The van der Waals surface area contributed by atoms with Crippen molar-refractivity contribution in [2.75, 3.05) is 0 Å². The van der Waals surface area contributed by atoms with E-state index >= 15 is 0 Å². The molecule has 1 rings (SSSR count). The van der Waals surface area contributed by atoms with Crippen LogP contribution < -0.4 is 0 Å².